The van der Waals surface area contributed by atoms with Crippen molar-refractivity contribution in [1.29, 1.82) is 0 Å². The van der Waals surface area contributed by atoms with Gasteiger partial charge in [-0.1, -0.05) is 78.9 Å². The number of benzene rings is 3. The van der Waals surface area contributed by atoms with E-state index in [0.717, 1.165) is 0 Å². The van der Waals surface area contributed by atoms with Crippen molar-refractivity contribution in [2.75, 3.05) is 5.32 Å². The van der Waals surface area contributed by atoms with Gasteiger partial charge in [0.05, 0.1) is 5.57 Å². The van der Waals surface area contributed by atoms with Crippen LogP contribution in [0.3, 0.4) is 0 Å². The Bertz CT molecular complexity index is 1050. The first kappa shape index (κ1) is 21.8. The zero-order chi connectivity index (χ0) is 22.3. The van der Waals surface area contributed by atoms with Crippen LogP contribution >= 0.6 is 0 Å². The lowest BCUT2D eigenvalue weighted by molar-refractivity contribution is -0.124. The van der Waals surface area contributed by atoms with Crippen LogP contribution in [0, 0.1) is 0 Å². The molecular weight excluding hydrogens is 405 g/mol. The van der Waals surface area contributed by atoms with Gasteiger partial charge in [0, 0.05) is 11.8 Å². The van der Waals surface area contributed by atoms with Crippen LogP contribution in [0.1, 0.15) is 17.2 Å². The lowest BCUT2D eigenvalue weighted by Gasteiger charge is -2.19. The number of rotatable bonds is 6. The zero-order valence-electron chi connectivity index (χ0n) is 16.3. The van der Waals surface area contributed by atoms with Crippen LogP contribution in [0.25, 0.3) is 5.57 Å². The first-order valence-electron chi connectivity index (χ1n) is 9.40. The molecule has 1 atom stereocenters. The second kappa shape index (κ2) is 9.75. The van der Waals surface area contributed by atoms with Crippen LogP contribution < -0.4 is 10.6 Å². The quantitative estimate of drug-likeness (QED) is 0.539. The lowest BCUT2D eigenvalue weighted by atomic mass is 10.0. The molecule has 7 heteroatoms. The van der Waals surface area contributed by atoms with E-state index < -0.39 is 29.6 Å². The number of hydrogen-bond donors (Lipinski definition) is 2. The Labute approximate surface area is 177 Å². The van der Waals surface area contributed by atoms with Gasteiger partial charge in [-0.25, -0.2) is 0 Å². The van der Waals surface area contributed by atoms with Crippen molar-refractivity contribution >= 4 is 23.1 Å². The minimum absolute atomic E-state index is 0.143. The van der Waals surface area contributed by atoms with Crippen LogP contribution in [-0.4, -0.2) is 18.0 Å². The molecule has 0 aliphatic carbocycles. The average molecular weight is 424 g/mol. The molecule has 0 saturated carbocycles. The van der Waals surface area contributed by atoms with Gasteiger partial charge < -0.3 is 10.6 Å². The molecule has 0 bridgehead atoms. The molecule has 0 heterocycles. The standard InChI is InChI=1S/C24H19F3N2O2/c25-24(26,27)20(17-10-4-1-5-11-17)16-21(30)29-22(18-12-6-2-7-13-18)23(31)28-19-14-8-3-9-15-19/h1-16,22H,(H,28,31)(H,29,30)/b20-16+. The van der Waals surface area contributed by atoms with Crippen molar-refractivity contribution in [2.45, 2.75) is 12.2 Å². The van der Waals surface area contributed by atoms with Gasteiger partial charge in [-0.15, -0.1) is 0 Å². The topological polar surface area (TPSA) is 58.2 Å². The SMILES string of the molecule is O=C(/C=C(\c1ccccc1)C(F)(F)F)NC(C(=O)Nc1ccccc1)c1ccccc1. The summed E-state index contributed by atoms with van der Waals surface area (Å²) >= 11 is 0. The van der Waals surface area contributed by atoms with Crippen LogP contribution in [0.15, 0.2) is 97.1 Å². The third-order valence-corrected chi connectivity index (χ3v) is 4.39. The van der Waals surface area contributed by atoms with E-state index >= 15 is 0 Å². The molecule has 0 radical (unpaired) electrons. The Morgan fingerprint density at radius 2 is 1.29 bits per heavy atom. The van der Waals surface area contributed by atoms with E-state index in [2.05, 4.69) is 10.6 Å². The summed E-state index contributed by atoms with van der Waals surface area (Å²) < 4.78 is 40.6. The summed E-state index contributed by atoms with van der Waals surface area (Å²) in [7, 11) is 0. The van der Waals surface area contributed by atoms with Crippen molar-refractivity contribution in [3.63, 3.8) is 0 Å². The number of anilines is 1. The van der Waals surface area contributed by atoms with Crippen molar-refractivity contribution in [2.24, 2.45) is 0 Å². The van der Waals surface area contributed by atoms with E-state index in [1.54, 1.807) is 66.7 Å². The number of carbonyl (C=O) groups excluding carboxylic acids is 2. The number of carbonyl (C=O) groups is 2. The molecule has 4 nitrogen and oxygen atoms in total. The molecule has 158 valence electrons. The summed E-state index contributed by atoms with van der Waals surface area (Å²) in [6.07, 6.45) is -4.27. The summed E-state index contributed by atoms with van der Waals surface area (Å²) in [4.78, 5) is 25.4. The first-order chi connectivity index (χ1) is 14.8. The Balaban J connectivity index is 1.88. The van der Waals surface area contributed by atoms with Gasteiger partial charge in [0.1, 0.15) is 6.04 Å². The molecule has 0 aromatic heterocycles. The second-order valence-electron chi connectivity index (χ2n) is 6.63. The van der Waals surface area contributed by atoms with E-state index in [-0.39, 0.29) is 5.56 Å². The molecule has 2 N–H and O–H groups in total. The molecule has 1 unspecified atom stereocenters. The molecule has 0 fully saturated rings. The van der Waals surface area contributed by atoms with Crippen LogP contribution in [0.2, 0.25) is 0 Å². The molecule has 3 rings (SSSR count). The van der Waals surface area contributed by atoms with Gasteiger partial charge in [0.15, 0.2) is 0 Å². The highest BCUT2D eigenvalue weighted by Crippen LogP contribution is 2.33. The fourth-order valence-electron chi connectivity index (χ4n) is 2.94. The first-order valence-corrected chi connectivity index (χ1v) is 9.40. The number of allylic oxidation sites excluding steroid dienone is 1. The van der Waals surface area contributed by atoms with Crippen LogP contribution in [0.5, 0.6) is 0 Å². The third kappa shape index (κ3) is 6.05. The maximum absolute atomic E-state index is 13.5. The van der Waals surface area contributed by atoms with Gasteiger partial charge in [0.2, 0.25) is 5.91 Å². The Kier molecular flexibility index (Phi) is 6.87. The van der Waals surface area contributed by atoms with Crippen molar-refractivity contribution in [3.8, 4) is 0 Å². The van der Waals surface area contributed by atoms with Gasteiger partial charge in [-0.05, 0) is 23.3 Å². The van der Waals surface area contributed by atoms with Crippen LogP contribution in [0.4, 0.5) is 18.9 Å². The normalized spacial score (nSPS) is 12.7. The Hall–Kier alpha value is -3.87. The van der Waals surface area contributed by atoms with Crippen molar-refractivity contribution in [3.05, 3.63) is 108 Å². The number of alkyl halides is 3. The molecule has 0 aliphatic heterocycles. The number of amides is 2. The lowest BCUT2D eigenvalue weighted by Crippen LogP contribution is -2.36. The van der Waals surface area contributed by atoms with E-state index in [9.17, 15) is 22.8 Å². The highest BCUT2D eigenvalue weighted by Gasteiger charge is 2.35. The monoisotopic (exact) mass is 424 g/mol. The Morgan fingerprint density at radius 3 is 1.84 bits per heavy atom. The van der Waals surface area contributed by atoms with Crippen molar-refractivity contribution < 1.29 is 22.8 Å². The Morgan fingerprint density at radius 1 is 0.774 bits per heavy atom. The van der Waals surface area contributed by atoms with E-state index in [4.69, 9.17) is 0 Å². The molecule has 0 spiro atoms. The summed E-state index contributed by atoms with van der Waals surface area (Å²) in [5.74, 6) is -1.61. The van der Waals surface area contributed by atoms with E-state index in [1.807, 2.05) is 0 Å². The third-order valence-electron chi connectivity index (χ3n) is 4.39. The zero-order valence-corrected chi connectivity index (χ0v) is 16.3. The average Bonchev–Trinajstić information content (AvgIpc) is 2.77. The van der Waals surface area contributed by atoms with Crippen molar-refractivity contribution in [1.82, 2.24) is 5.32 Å². The maximum Gasteiger partial charge on any atom is 0.417 e. The van der Waals surface area contributed by atoms with Gasteiger partial charge in [0.25, 0.3) is 5.91 Å². The maximum atomic E-state index is 13.5. The molecule has 0 saturated heterocycles. The summed E-state index contributed by atoms with van der Waals surface area (Å²) in [6.45, 7) is 0. The highest BCUT2D eigenvalue weighted by molar-refractivity contribution is 6.02. The molecule has 31 heavy (non-hydrogen) atoms. The highest BCUT2D eigenvalue weighted by atomic mass is 19.4. The summed E-state index contributed by atoms with van der Waals surface area (Å²) in [5, 5.41) is 5.06. The second-order valence-corrected chi connectivity index (χ2v) is 6.63. The smallest absolute Gasteiger partial charge is 0.337 e. The van der Waals surface area contributed by atoms with Gasteiger partial charge in [-0.2, -0.15) is 13.2 Å². The largest absolute Gasteiger partial charge is 0.417 e. The number of nitrogens with one attached hydrogen (secondary N) is 2. The molecule has 0 aliphatic rings. The summed E-state index contributed by atoms with van der Waals surface area (Å²) in [5.41, 5.74) is -0.305. The minimum atomic E-state index is -4.74. The predicted molar refractivity (Wildman–Crippen MR) is 113 cm³/mol. The molecular formula is C24H19F3N2O2. The van der Waals surface area contributed by atoms with Gasteiger partial charge >= 0.3 is 6.18 Å². The van der Waals surface area contributed by atoms with Gasteiger partial charge in [-0.3, -0.25) is 9.59 Å². The molecule has 2 amide bonds. The fourth-order valence-corrected chi connectivity index (χ4v) is 2.94. The summed E-state index contributed by atoms with van der Waals surface area (Å²) in [6, 6.07) is 22.7. The fraction of sp³-hybridized carbons (Fsp3) is 0.0833. The predicted octanol–water partition coefficient (Wildman–Crippen LogP) is 5.13. The minimum Gasteiger partial charge on any atom is -0.337 e. The number of para-hydroxylation sites is 1. The number of halogens is 3. The number of hydrogen-bond acceptors (Lipinski definition) is 2. The molecule has 3 aromatic rings. The van der Waals surface area contributed by atoms with E-state index in [0.29, 0.717) is 17.3 Å². The van der Waals surface area contributed by atoms with Crippen LogP contribution in [-0.2, 0) is 9.59 Å². The molecule has 3 aromatic carbocycles. The van der Waals surface area contributed by atoms with E-state index in [1.165, 1.54) is 24.3 Å².